The van der Waals surface area contributed by atoms with E-state index in [9.17, 15) is 9.59 Å². The average molecular weight is 334 g/mol. The third-order valence-corrected chi connectivity index (χ3v) is 5.61. The summed E-state index contributed by atoms with van der Waals surface area (Å²) in [6.07, 6.45) is 5.95. The molecule has 25 heavy (non-hydrogen) atoms. The molecule has 0 bridgehead atoms. The normalized spacial score (nSPS) is 20.9. The lowest BCUT2D eigenvalue weighted by Crippen LogP contribution is -2.38. The van der Waals surface area contributed by atoms with Gasteiger partial charge in [0.1, 0.15) is 5.69 Å². The van der Waals surface area contributed by atoms with Crippen LogP contribution in [0.1, 0.15) is 46.8 Å². The summed E-state index contributed by atoms with van der Waals surface area (Å²) in [5.41, 5.74) is 1.81. The van der Waals surface area contributed by atoms with Gasteiger partial charge in [0.2, 0.25) is 0 Å². The van der Waals surface area contributed by atoms with Gasteiger partial charge in [-0.3, -0.25) is 14.6 Å². The summed E-state index contributed by atoms with van der Waals surface area (Å²) in [4.78, 5) is 32.4. The minimum absolute atomic E-state index is 0.117. The van der Waals surface area contributed by atoms with Crippen LogP contribution in [-0.2, 0) is 0 Å². The molecule has 1 saturated heterocycles. The monoisotopic (exact) mass is 334 g/mol. The number of benzene rings is 1. The number of carbonyl (C=O) groups is 1. The second kappa shape index (κ2) is 5.85. The van der Waals surface area contributed by atoms with Crippen LogP contribution >= 0.6 is 0 Å². The number of hydrogen-bond acceptors (Lipinski definition) is 4. The third-order valence-electron chi connectivity index (χ3n) is 5.61. The molecule has 2 aliphatic rings. The van der Waals surface area contributed by atoms with Crippen molar-refractivity contribution in [2.75, 3.05) is 13.1 Å². The number of rotatable bonds is 2. The van der Waals surface area contributed by atoms with Crippen LogP contribution in [0, 0.1) is 16.7 Å². The third kappa shape index (κ3) is 2.62. The predicted molar refractivity (Wildman–Crippen MR) is 90.9 cm³/mol. The van der Waals surface area contributed by atoms with Crippen LogP contribution in [0.5, 0.6) is 0 Å². The number of likely N-dealkylation sites (tertiary alicyclic amines) is 1. The van der Waals surface area contributed by atoms with E-state index in [1.165, 1.54) is 18.2 Å². The minimum Gasteiger partial charge on any atom is -0.336 e. The molecule has 4 rings (SSSR count). The molecular formula is C19H18N4O2. The van der Waals surface area contributed by atoms with Crippen molar-refractivity contribution >= 4 is 5.91 Å². The average Bonchev–Trinajstić information content (AvgIpc) is 3.02. The maximum absolute atomic E-state index is 12.8. The van der Waals surface area contributed by atoms with Crippen molar-refractivity contribution in [3.63, 3.8) is 0 Å². The predicted octanol–water partition coefficient (Wildman–Crippen LogP) is 2.05. The first kappa shape index (κ1) is 15.6. The fraction of sp³-hybridized carbons (Fsp3) is 0.368. The van der Waals surface area contributed by atoms with Gasteiger partial charge in [0.15, 0.2) is 0 Å². The lowest BCUT2D eigenvalue weighted by Gasteiger charge is -2.43. The topological polar surface area (TPSA) is 89.8 Å². The number of amides is 1. The molecule has 1 aromatic carbocycles. The van der Waals surface area contributed by atoms with Gasteiger partial charge in [-0.1, -0.05) is 18.6 Å². The summed E-state index contributed by atoms with van der Waals surface area (Å²) >= 11 is 0. The molecule has 1 aromatic heterocycles. The molecule has 126 valence electrons. The molecule has 1 atom stereocenters. The van der Waals surface area contributed by atoms with E-state index in [0.29, 0.717) is 18.7 Å². The number of aromatic amines is 1. The fourth-order valence-electron chi connectivity index (χ4n) is 4.17. The van der Waals surface area contributed by atoms with Crippen LogP contribution in [0.3, 0.4) is 0 Å². The summed E-state index contributed by atoms with van der Waals surface area (Å²) in [5, 5.41) is 8.98. The highest BCUT2D eigenvalue weighted by molar-refractivity contribution is 5.92. The van der Waals surface area contributed by atoms with Crippen LogP contribution < -0.4 is 5.56 Å². The van der Waals surface area contributed by atoms with Gasteiger partial charge < -0.3 is 9.88 Å². The molecule has 2 fully saturated rings. The van der Waals surface area contributed by atoms with Crippen molar-refractivity contribution in [1.82, 2.24) is 14.9 Å². The Bertz CT molecular complexity index is 906. The number of nitrogens with zero attached hydrogens (tertiary/aromatic N) is 3. The molecule has 1 saturated carbocycles. The maximum Gasteiger partial charge on any atom is 0.272 e. The van der Waals surface area contributed by atoms with Crippen molar-refractivity contribution in [2.24, 2.45) is 5.41 Å². The van der Waals surface area contributed by atoms with E-state index >= 15 is 0 Å². The van der Waals surface area contributed by atoms with Gasteiger partial charge in [-0.05, 0) is 36.0 Å². The van der Waals surface area contributed by atoms with E-state index < -0.39 is 0 Å². The van der Waals surface area contributed by atoms with Crippen LogP contribution in [0.4, 0.5) is 0 Å². The molecule has 6 nitrogen and oxygen atoms in total. The highest BCUT2D eigenvalue weighted by Crippen LogP contribution is 2.55. The van der Waals surface area contributed by atoms with Gasteiger partial charge in [-0.15, -0.1) is 0 Å². The standard InChI is InChI=1S/C19H18N4O2/c20-8-13-2-4-14(5-3-13)15-11-23(12-19(15)6-1-7-19)18(25)16-9-21-10-17(24)22-16/h2-5,9-10,15H,1,6-7,11-12H2,(H,22,24). The molecular weight excluding hydrogens is 316 g/mol. The number of nitrogens with one attached hydrogen (secondary N) is 1. The van der Waals surface area contributed by atoms with Crippen molar-refractivity contribution in [3.05, 3.63) is 63.8 Å². The van der Waals surface area contributed by atoms with Gasteiger partial charge >= 0.3 is 0 Å². The van der Waals surface area contributed by atoms with Gasteiger partial charge in [-0.2, -0.15) is 5.26 Å². The number of carbonyl (C=O) groups excluding carboxylic acids is 1. The molecule has 1 unspecified atom stereocenters. The highest BCUT2D eigenvalue weighted by atomic mass is 16.2. The number of aromatic nitrogens is 2. The quantitative estimate of drug-likeness (QED) is 0.910. The second-order valence-electron chi connectivity index (χ2n) is 7.00. The largest absolute Gasteiger partial charge is 0.336 e. The SMILES string of the molecule is N#Cc1ccc(C2CN(C(=O)c3cncc(=O)[nH]3)CC23CCC3)cc1. The number of H-pyrrole nitrogens is 1. The van der Waals surface area contributed by atoms with E-state index in [0.717, 1.165) is 19.0 Å². The molecule has 2 heterocycles. The molecule has 1 aliphatic carbocycles. The van der Waals surface area contributed by atoms with Crippen molar-refractivity contribution in [1.29, 1.82) is 5.26 Å². The molecule has 1 N–H and O–H groups in total. The Balaban J connectivity index is 1.62. The van der Waals surface area contributed by atoms with Gasteiger partial charge in [-0.25, -0.2) is 0 Å². The van der Waals surface area contributed by atoms with Crippen LogP contribution in [-0.4, -0.2) is 33.9 Å². The first-order valence-corrected chi connectivity index (χ1v) is 8.45. The van der Waals surface area contributed by atoms with E-state index in [2.05, 4.69) is 16.0 Å². The van der Waals surface area contributed by atoms with Crippen LogP contribution in [0.15, 0.2) is 41.5 Å². The zero-order valence-electron chi connectivity index (χ0n) is 13.7. The summed E-state index contributed by atoms with van der Waals surface area (Å²) in [7, 11) is 0. The Morgan fingerprint density at radius 1 is 1.28 bits per heavy atom. The second-order valence-corrected chi connectivity index (χ2v) is 7.00. The fourth-order valence-corrected chi connectivity index (χ4v) is 4.17. The van der Waals surface area contributed by atoms with E-state index in [4.69, 9.17) is 5.26 Å². The molecule has 1 spiro atoms. The molecule has 2 aromatic rings. The summed E-state index contributed by atoms with van der Waals surface area (Å²) < 4.78 is 0. The summed E-state index contributed by atoms with van der Waals surface area (Å²) in [5.74, 6) is 0.0916. The zero-order valence-corrected chi connectivity index (χ0v) is 13.7. The van der Waals surface area contributed by atoms with E-state index in [-0.39, 0.29) is 28.5 Å². The van der Waals surface area contributed by atoms with Gasteiger partial charge in [0, 0.05) is 19.0 Å². The lowest BCUT2D eigenvalue weighted by molar-refractivity contribution is 0.0719. The van der Waals surface area contributed by atoms with Gasteiger partial charge in [0.05, 0.1) is 24.0 Å². The van der Waals surface area contributed by atoms with Crippen molar-refractivity contribution in [3.8, 4) is 6.07 Å². The molecule has 1 aliphatic heterocycles. The Morgan fingerprint density at radius 2 is 2.04 bits per heavy atom. The van der Waals surface area contributed by atoms with Crippen molar-refractivity contribution < 1.29 is 4.79 Å². The number of hydrogen-bond donors (Lipinski definition) is 1. The smallest absolute Gasteiger partial charge is 0.272 e. The summed E-state index contributed by atoms with van der Waals surface area (Å²) in [6.45, 7) is 1.33. The van der Waals surface area contributed by atoms with E-state index in [1.807, 2.05) is 29.2 Å². The Kier molecular flexibility index (Phi) is 3.65. The zero-order chi connectivity index (χ0) is 17.4. The first-order valence-electron chi connectivity index (χ1n) is 8.45. The molecule has 0 radical (unpaired) electrons. The first-order chi connectivity index (χ1) is 12.1. The Labute approximate surface area is 145 Å². The van der Waals surface area contributed by atoms with Crippen LogP contribution in [0.2, 0.25) is 0 Å². The Morgan fingerprint density at radius 3 is 2.64 bits per heavy atom. The van der Waals surface area contributed by atoms with Crippen molar-refractivity contribution in [2.45, 2.75) is 25.2 Å². The van der Waals surface area contributed by atoms with Gasteiger partial charge in [0.25, 0.3) is 11.5 Å². The minimum atomic E-state index is -0.368. The Hall–Kier alpha value is -2.94. The molecule has 1 amide bonds. The van der Waals surface area contributed by atoms with Crippen LogP contribution in [0.25, 0.3) is 0 Å². The highest BCUT2D eigenvalue weighted by Gasteiger charge is 2.52. The summed E-state index contributed by atoms with van der Waals surface area (Å²) in [6, 6.07) is 9.82. The van der Waals surface area contributed by atoms with E-state index in [1.54, 1.807) is 0 Å². The molecule has 6 heteroatoms. The maximum atomic E-state index is 12.8. The lowest BCUT2D eigenvalue weighted by atomic mass is 9.61. The number of nitriles is 1.